The average Bonchev–Trinajstić information content (AvgIpc) is 1.89. The van der Waals surface area contributed by atoms with E-state index < -0.39 is 0 Å². The fourth-order valence-corrected chi connectivity index (χ4v) is 0.733. The van der Waals surface area contributed by atoms with Gasteiger partial charge in [-0.25, -0.2) is 0 Å². The lowest BCUT2D eigenvalue weighted by atomic mass is 10.1. The Hall–Kier alpha value is -1.04. The molecule has 0 aromatic heterocycles. The molecule has 0 aliphatic carbocycles. The van der Waals surface area contributed by atoms with E-state index in [9.17, 15) is 0 Å². The van der Waals surface area contributed by atoms with Crippen molar-refractivity contribution in [2.45, 2.75) is 0 Å². The minimum absolute atomic E-state index is 1.03. The third-order valence-electron chi connectivity index (χ3n) is 1.28. The van der Waals surface area contributed by atoms with E-state index in [1.807, 2.05) is 30.3 Å². The number of hydrogen-bond donors (Lipinski definition) is 0. The standard InChI is InChI=1S/C9H9/c1-3-9-7-5-4-6-8(9)2/h3-7H,1-2H2. The Labute approximate surface area is 55.8 Å². The zero-order valence-corrected chi connectivity index (χ0v) is 5.30. The topological polar surface area (TPSA) is 0 Å². The Bertz CT molecular complexity index is 211. The SMILES string of the molecule is [CH2]c1ccccc1C=C. The van der Waals surface area contributed by atoms with Crippen molar-refractivity contribution in [3.05, 3.63) is 48.9 Å². The highest BCUT2D eigenvalue weighted by atomic mass is 13.9. The van der Waals surface area contributed by atoms with E-state index in [1.54, 1.807) is 0 Å². The largest absolute Gasteiger partial charge is 0.0985 e. The molecule has 0 heterocycles. The van der Waals surface area contributed by atoms with Crippen LogP contribution in [0.2, 0.25) is 0 Å². The molecule has 0 unspecified atom stereocenters. The molecule has 0 aliphatic rings. The van der Waals surface area contributed by atoms with Crippen LogP contribution < -0.4 is 0 Å². The van der Waals surface area contributed by atoms with Crippen molar-refractivity contribution in [3.8, 4) is 0 Å². The Morgan fingerprint density at radius 3 is 2.33 bits per heavy atom. The van der Waals surface area contributed by atoms with Crippen molar-refractivity contribution in [1.82, 2.24) is 0 Å². The molecule has 1 rings (SSSR count). The summed E-state index contributed by atoms with van der Waals surface area (Å²) in [5.74, 6) is 0. The third-order valence-corrected chi connectivity index (χ3v) is 1.28. The molecule has 1 radical (unpaired) electrons. The maximum absolute atomic E-state index is 3.82. The lowest BCUT2D eigenvalue weighted by Gasteiger charge is -1.94. The summed E-state index contributed by atoms with van der Waals surface area (Å²) in [6.07, 6.45) is 1.81. The quantitative estimate of drug-likeness (QED) is 0.530. The molecule has 0 saturated heterocycles. The molecule has 0 amide bonds. The summed E-state index contributed by atoms with van der Waals surface area (Å²) in [5.41, 5.74) is 2.14. The van der Waals surface area contributed by atoms with Gasteiger partial charge < -0.3 is 0 Å². The lowest BCUT2D eigenvalue weighted by molar-refractivity contribution is 1.57. The van der Waals surface area contributed by atoms with E-state index in [2.05, 4.69) is 13.5 Å². The van der Waals surface area contributed by atoms with Crippen molar-refractivity contribution >= 4 is 6.08 Å². The Balaban J connectivity index is 3.15. The highest BCUT2D eigenvalue weighted by molar-refractivity contribution is 5.52. The van der Waals surface area contributed by atoms with Crippen LogP contribution in [-0.2, 0) is 0 Å². The number of hydrogen-bond acceptors (Lipinski definition) is 0. The van der Waals surface area contributed by atoms with Gasteiger partial charge >= 0.3 is 0 Å². The zero-order chi connectivity index (χ0) is 6.69. The van der Waals surface area contributed by atoms with Gasteiger partial charge in [0.1, 0.15) is 0 Å². The van der Waals surface area contributed by atoms with E-state index in [1.165, 1.54) is 0 Å². The van der Waals surface area contributed by atoms with Gasteiger partial charge in [0, 0.05) is 0 Å². The molecule has 0 aliphatic heterocycles. The molecule has 0 bridgehead atoms. The minimum atomic E-state index is 1.03. The highest BCUT2D eigenvalue weighted by Gasteiger charge is 1.86. The predicted octanol–water partition coefficient (Wildman–Crippen LogP) is 2.51. The van der Waals surface area contributed by atoms with Crippen LogP contribution in [0.3, 0.4) is 0 Å². The molecule has 9 heavy (non-hydrogen) atoms. The molecular weight excluding hydrogens is 108 g/mol. The molecule has 1 aromatic carbocycles. The zero-order valence-electron chi connectivity index (χ0n) is 5.30. The number of rotatable bonds is 1. The summed E-state index contributed by atoms with van der Waals surface area (Å²) < 4.78 is 0. The smallest absolute Gasteiger partial charge is 0.0230 e. The van der Waals surface area contributed by atoms with Crippen LogP contribution in [0.4, 0.5) is 0 Å². The van der Waals surface area contributed by atoms with Gasteiger partial charge in [-0.3, -0.25) is 0 Å². The van der Waals surface area contributed by atoms with E-state index in [0.29, 0.717) is 0 Å². The van der Waals surface area contributed by atoms with Gasteiger partial charge in [0.25, 0.3) is 0 Å². The Morgan fingerprint density at radius 1 is 1.22 bits per heavy atom. The molecule has 0 saturated carbocycles. The number of benzene rings is 1. The van der Waals surface area contributed by atoms with E-state index in [-0.39, 0.29) is 0 Å². The molecule has 1 aromatic rings. The minimum Gasteiger partial charge on any atom is -0.0985 e. The molecule has 0 N–H and O–H groups in total. The summed E-state index contributed by atoms with van der Waals surface area (Å²) >= 11 is 0. The third kappa shape index (κ3) is 1.20. The van der Waals surface area contributed by atoms with Gasteiger partial charge in [-0.2, -0.15) is 0 Å². The van der Waals surface area contributed by atoms with Crippen molar-refractivity contribution in [2.24, 2.45) is 0 Å². The van der Waals surface area contributed by atoms with Crippen molar-refractivity contribution in [1.29, 1.82) is 0 Å². The Morgan fingerprint density at radius 2 is 1.89 bits per heavy atom. The summed E-state index contributed by atoms with van der Waals surface area (Å²) in [4.78, 5) is 0. The second-order valence-corrected chi connectivity index (χ2v) is 1.90. The summed E-state index contributed by atoms with van der Waals surface area (Å²) in [7, 11) is 0. The van der Waals surface area contributed by atoms with Gasteiger partial charge in [0.05, 0.1) is 0 Å². The lowest BCUT2D eigenvalue weighted by Crippen LogP contribution is -1.75. The maximum atomic E-state index is 3.82. The fourth-order valence-electron chi connectivity index (χ4n) is 0.733. The highest BCUT2D eigenvalue weighted by Crippen LogP contribution is 2.06. The van der Waals surface area contributed by atoms with Crippen LogP contribution >= 0.6 is 0 Å². The van der Waals surface area contributed by atoms with Crippen LogP contribution in [0, 0.1) is 6.92 Å². The summed E-state index contributed by atoms with van der Waals surface area (Å²) in [6.45, 7) is 7.47. The second-order valence-electron chi connectivity index (χ2n) is 1.90. The molecule has 0 heteroatoms. The maximum Gasteiger partial charge on any atom is -0.0230 e. The van der Waals surface area contributed by atoms with Gasteiger partial charge in [0.15, 0.2) is 0 Å². The molecule has 0 nitrogen and oxygen atoms in total. The van der Waals surface area contributed by atoms with Crippen LogP contribution in [0.15, 0.2) is 30.8 Å². The molecule has 0 atom stereocenters. The monoisotopic (exact) mass is 117 g/mol. The Kier molecular flexibility index (Phi) is 1.69. The molecule has 0 fully saturated rings. The summed E-state index contributed by atoms with van der Waals surface area (Å²) in [6, 6.07) is 7.91. The van der Waals surface area contributed by atoms with Gasteiger partial charge in [-0.1, -0.05) is 36.9 Å². The molecule has 45 valence electrons. The first-order valence-electron chi connectivity index (χ1n) is 2.88. The first-order valence-corrected chi connectivity index (χ1v) is 2.88. The van der Waals surface area contributed by atoms with Crippen molar-refractivity contribution in [2.75, 3.05) is 0 Å². The molecule has 0 spiro atoms. The van der Waals surface area contributed by atoms with E-state index in [4.69, 9.17) is 0 Å². The normalized spacial score (nSPS) is 9.00. The fraction of sp³-hybridized carbons (Fsp3) is 0. The molecular formula is C9H9. The van der Waals surface area contributed by atoms with Gasteiger partial charge in [-0.15, -0.1) is 0 Å². The predicted molar refractivity (Wildman–Crippen MR) is 41.0 cm³/mol. The van der Waals surface area contributed by atoms with Gasteiger partial charge in [0.2, 0.25) is 0 Å². The van der Waals surface area contributed by atoms with Crippen LogP contribution in [0.1, 0.15) is 11.1 Å². The van der Waals surface area contributed by atoms with Crippen molar-refractivity contribution in [3.63, 3.8) is 0 Å². The van der Waals surface area contributed by atoms with Crippen molar-refractivity contribution < 1.29 is 0 Å². The van der Waals surface area contributed by atoms with Crippen LogP contribution in [-0.4, -0.2) is 0 Å². The van der Waals surface area contributed by atoms with Gasteiger partial charge in [-0.05, 0) is 18.1 Å². The van der Waals surface area contributed by atoms with E-state index in [0.717, 1.165) is 11.1 Å². The second kappa shape index (κ2) is 2.49. The first kappa shape index (κ1) is 6.09. The average molecular weight is 117 g/mol. The summed E-state index contributed by atoms with van der Waals surface area (Å²) in [5, 5.41) is 0. The van der Waals surface area contributed by atoms with Crippen LogP contribution in [0.25, 0.3) is 6.08 Å². The van der Waals surface area contributed by atoms with Crippen LogP contribution in [0.5, 0.6) is 0 Å². The first-order chi connectivity index (χ1) is 4.34. The van der Waals surface area contributed by atoms with E-state index >= 15 is 0 Å².